The van der Waals surface area contributed by atoms with Crippen molar-refractivity contribution >= 4 is 5.97 Å². The van der Waals surface area contributed by atoms with Gasteiger partial charge in [0, 0.05) is 18.8 Å². The molecule has 1 fully saturated rings. The van der Waals surface area contributed by atoms with Gasteiger partial charge in [-0.15, -0.1) is 0 Å². The van der Waals surface area contributed by atoms with Crippen molar-refractivity contribution in [3.05, 3.63) is 54.1 Å². The topological polar surface area (TPSA) is 96.2 Å². The van der Waals surface area contributed by atoms with E-state index >= 15 is 0 Å². The third-order valence-electron chi connectivity index (χ3n) is 5.61. The van der Waals surface area contributed by atoms with Crippen molar-refractivity contribution in [2.24, 2.45) is 11.8 Å². The molecule has 1 aliphatic carbocycles. The first-order valence-electron chi connectivity index (χ1n) is 10.9. The van der Waals surface area contributed by atoms with Gasteiger partial charge in [0.15, 0.2) is 0 Å². The Morgan fingerprint density at radius 1 is 1.24 bits per heavy atom. The van der Waals surface area contributed by atoms with Crippen LogP contribution in [-0.2, 0) is 15.7 Å². The van der Waals surface area contributed by atoms with Crippen molar-refractivity contribution in [2.75, 3.05) is 13.7 Å². The average molecular weight is 473 g/mol. The zero-order valence-electron chi connectivity index (χ0n) is 18.4. The lowest BCUT2D eigenvalue weighted by Gasteiger charge is -2.19. The van der Waals surface area contributed by atoms with E-state index in [0.717, 1.165) is 12.1 Å². The van der Waals surface area contributed by atoms with Gasteiger partial charge in [0.1, 0.15) is 18.5 Å². The van der Waals surface area contributed by atoms with Crippen LogP contribution in [0, 0.1) is 11.8 Å². The predicted molar refractivity (Wildman–Crippen MR) is 115 cm³/mol. The first-order chi connectivity index (χ1) is 15.6. The minimum absolute atomic E-state index is 0.0104. The molecule has 0 heterocycles. The largest absolute Gasteiger partial charge is 0.491 e. The van der Waals surface area contributed by atoms with E-state index in [9.17, 15) is 33.3 Å². The maximum atomic E-state index is 12.8. The third kappa shape index (κ3) is 8.83. The van der Waals surface area contributed by atoms with Crippen LogP contribution >= 0.6 is 0 Å². The summed E-state index contributed by atoms with van der Waals surface area (Å²) < 4.78 is 48.2. The number of esters is 1. The Kier molecular flexibility index (Phi) is 10.4. The van der Waals surface area contributed by atoms with Crippen LogP contribution in [0.25, 0.3) is 0 Å². The van der Waals surface area contributed by atoms with Gasteiger partial charge < -0.3 is 24.8 Å². The first-order valence-corrected chi connectivity index (χ1v) is 10.9. The number of rotatable bonds is 11. The van der Waals surface area contributed by atoms with E-state index in [4.69, 9.17) is 4.74 Å². The molecule has 0 spiro atoms. The van der Waals surface area contributed by atoms with Crippen LogP contribution in [0.5, 0.6) is 5.75 Å². The highest BCUT2D eigenvalue weighted by Gasteiger charge is 2.39. The molecule has 184 valence electrons. The number of methoxy groups -OCH3 is 1. The standard InChI is InChI=1S/C24H31F3O6/c1-32-23(31)10-5-3-2-4-9-19-20(22(30)14-21(19)29)12-11-17(28)15-33-18-8-6-7-16(13-18)24(25,26)27/h2,4,6-8,11-13,17,19-22,28-30H,3,5,9-10,14-15H2,1H3/b4-2+,12-11+/t17?,19?,20-,21?,22?/m0/s1. The fourth-order valence-electron chi connectivity index (χ4n) is 3.80. The Hall–Kier alpha value is -2.36. The summed E-state index contributed by atoms with van der Waals surface area (Å²) in [5.41, 5.74) is -0.839. The van der Waals surface area contributed by atoms with Crippen molar-refractivity contribution in [2.45, 2.75) is 56.6 Å². The second-order valence-electron chi connectivity index (χ2n) is 8.08. The quantitative estimate of drug-likeness (QED) is 0.259. The number of unbranched alkanes of at least 4 members (excludes halogenated alkanes) is 1. The SMILES string of the molecule is COC(=O)CCC/C=C/CC1C(O)CC(O)[C@H]1/C=C/C(O)COc1cccc(C(F)(F)F)c1. The Morgan fingerprint density at radius 3 is 2.70 bits per heavy atom. The van der Waals surface area contributed by atoms with Gasteiger partial charge in [-0.05, 0) is 43.4 Å². The minimum Gasteiger partial charge on any atom is -0.491 e. The molecule has 1 saturated carbocycles. The highest BCUT2D eigenvalue weighted by molar-refractivity contribution is 5.69. The molecule has 0 saturated heterocycles. The first kappa shape index (κ1) is 26.9. The van der Waals surface area contributed by atoms with Crippen LogP contribution in [-0.4, -0.2) is 53.3 Å². The zero-order valence-corrected chi connectivity index (χ0v) is 18.4. The molecule has 0 amide bonds. The number of hydrogen-bond donors (Lipinski definition) is 3. The summed E-state index contributed by atoms with van der Waals surface area (Å²) in [6.45, 7) is -0.256. The van der Waals surface area contributed by atoms with Gasteiger partial charge in [-0.25, -0.2) is 0 Å². The lowest BCUT2D eigenvalue weighted by Crippen LogP contribution is -2.21. The van der Waals surface area contributed by atoms with Crippen LogP contribution in [0.2, 0.25) is 0 Å². The van der Waals surface area contributed by atoms with Crippen molar-refractivity contribution in [1.82, 2.24) is 0 Å². The van der Waals surface area contributed by atoms with Gasteiger partial charge in [0.25, 0.3) is 0 Å². The van der Waals surface area contributed by atoms with E-state index in [1.165, 1.54) is 25.3 Å². The van der Waals surface area contributed by atoms with Crippen LogP contribution in [0.1, 0.15) is 37.7 Å². The van der Waals surface area contributed by atoms with Crippen molar-refractivity contribution in [1.29, 1.82) is 0 Å². The summed E-state index contributed by atoms with van der Waals surface area (Å²) in [5, 5.41) is 30.7. The van der Waals surface area contributed by atoms with Crippen molar-refractivity contribution in [3.63, 3.8) is 0 Å². The number of alkyl halides is 3. The number of carbonyl (C=O) groups excluding carboxylic acids is 1. The van der Waals surface area contributed by atoms with Crippen LogP contribution < -0.4 is 4.74 Å². The summed E-state index contributed by atoms with van der Waals surface area (Å²) in [5.74, 6) is -0.907. The van der Waals surface area contributed by atoms with Crippen molar-refractivity contribution < 1.29 is 42.8 Å². The molecule has 33 heavy (non-hydrogen) atoms. The number of aliphatic hydroxyl groups excluding tert-OH is 3. The number of allylic oxidation sites excluding steroid dienone is 2. The van der Waals surface area contributed by atoms with E-state index < -0.39 is 30.1 Å². The lowest BCUT2D eigenvalue weighted by atomic mass is 9.89. The molecular weight excluding hydrogens is 441 g/mol. The molecule has 1 aromatic rings. The molecule has 4 unspecified atom stereocenters. The number of halogens is 3. The van der Waals surface area contributed by atoms with Crippen molar-refractivity contribution in [3.8, 4) is 5.75 Å². The average Bonchev–Trinajstić information content (AvgIpc) is 3.04. The second-order valence-corrected chi connectivity index (χ2v) is 8.08. The summed E-state index contributed by atoms with van der Waals surface area (Å²) in [7, 11) is 1.34. The number of carbonyl (C=O) groups is 1. The van der Waals surface area contributed by atoms with E-state index in [-0.39, 0.29) is 36.6 Å². The molecule has 5 atom stereocenters. The van der Waals surface area contributed by atoms with E-state index in [1.54, 1.807) is 6.08 Å². The van der Waals surface area contributed by atoms with Crippen LogP contribution in [0.3, 0.4) is 0 Å². The normalized spacial score (nSPS) is 24.5. The fourth-order valence-corrected chi connectivity index (χ4v) is 3.80. The predicted octanol–water partition coefficient (Wildman–Crippen LogP) is 3.65. The Morgan fingerprint density at radius 2 is 2.00 bits per heavy atom. The summed E-state index contributed by atoms with van der Waals surface area (Å²) >= 11 is 0. The number of benzene rings is 1. The summed E-state index contributed by atoms with van der Waals surface area (Å²) in [4.78, 5) is 11.1. The highest BCUT2D eigenvalue weighted by Crippen LogP contribution is 2.36. The second kappa shape index (κ2) is 12.8. The van der Waals surface area contributed by atoms with E-state index in [0.29, 0.717) is 25.7 Å². The van der Waals surface area contributed by atoms with Gasteiger partial charge >= 0.3 is 12.1 Å². The third-order valence-corrected chi connectivity index (χ3v) is 5.61. The Balaban J connectivity index is 1.86. The number of hydrogen-bond acceptors (Lipinski definition) is 6. The molecule has 6 nitrogen and oxygen atoms in total. The molecule has 1 aromatic carbocycles. The van der Waals surface area contributed by atoms with E-state index in [2.05, 4.69) is 4.74 Å². The Bertz CT molecular complexity index is 808. The van der Waals surface area contributed by atoms with Gasteiger partial charge in [0.2, 0.25) is 0 Å². The smallest absolute Gasteiger partial charge is 0.416 e. The fraction of sp³-hybridized carbons (Fsp3) is 0.542. The van der Waals surface area contributed by atoms with Gasteiger partial charge in [-0.1, -0.05) is 30.4 Å². The monoisotopic (exact) mass is 472 g/mol. The van der Waals surface area contributed by atoms with E-state index in [1.807, 2.05) is 12.2 Å². The molecular formula is C24H31F3O6. The molecule has 9 heteroatoms. The maximum absolute atomic E-state index is 12.8. The zero-order chi connectivity index (χ0) is 24.4. The Labute approximate surface area is 191 Å². The molecule has 1 aliphatic rings. The number of ether oxygens (including phenoxy) is 2. The summed E-state index contributed by atoms with van der Waals surface area (Å²) in [6.07, 6.45) is 2.21. The van der Waals surface area contributed by atoms with Crippen LogP contribution in [0.4, 0.5) is 13.2 Å². The lowest BCUT2D eigenvalue weighted by molar-refractivity contribution is -0.140. The molecule has 2 rings (SSSR count). The van der Waals surface area contributed by atoms with Gasteiger partial charge in [-0.3, -0.25) is 4.79 Å². The maximum Gasteiger partial charge on any atom is 0.416 e. The molecule has 3 N–H and O–H groups in total. The molecule has 0 radical (unpaired) electrons. The molecule has 0 bridgehead atoms. The minimum atomic E-state index is -4.48. The van der Waals surface area contributed by atoms with Gasteiger partial charge in [-0.2, -0.15) is 13.2 Å². The highest BCUT2D eigenvalue weighted by atomic mass is 19.4. The van der Waals surface area contributed by atoms with Gasteiger partial charge in [0.05, 0.1) is 24.9 Å². The molecule has 0 aromatic heterocycles. The van der Waals surface area contributed by atoms with Crippen LogP contribution in [0.15, 0.2) is 48.6 Å². The number of aliphatic hydroxyl groups is 3. The molecule has 0 aliphatic heterocycles. The summed E-state index contributed by atoms with van der Waals surface area (Å²) in [6, 6.07) is 4.39.